The maximum Gasteiger partial charge on any atom is 0.328 e. The molecular formula is C10H17NO4S. The summed E-state index contributed by atoms with van der Waals surface area (Å²) in [6.45, 7) is 4.55. The van der Waals surface area contributed by atoms with Crippen LogP contribution in [-0.2, 0) is 9.59 Å². The Labute approximate surface area is 99.8 Å². The first-order chi connectivity index (χ1) is 7.25. The van der Waals surface area contributed by atoms with Gasteiger partial charge in [-0.05, 0) is 13.8 Å². The van der Waals surface area contributed by atoms with Crippen LogP contribution < -0.4 is 5.32 Å². The predicted octanol–water partition coefficient (Wildman–Crippen LogP) is 0.353. The largest absolute Gasteiger partial charge is 0.480 e. The van der Waals surface area contributed by atoms with Gasteiger partial charge in [-0.2, -0.15) is 0 Å². The summed E-state index contributed by atoms with van der Waals surface area (Å²) in [7, 11) is 0. The zero-order valence-corrected chi connectivity index (χ0v) is 10.4. The van der Waals surface area contributed by atoms with E-state index in [0.717, 1.165) is 0 Å². The molecule has 0 fully saturated rings. The number of carbonyl (C=O) groups excluding carboxylic acids is 1. The first kappa shape index (κ1) is 15.0. The Kier molecular flexibility index (Phi) is 6.13. The minimum atomic E-state index is -1.17. The van der Waals surface area contributed by atoms with Crippen molar-refractivity contribution in [2.45, 2.75) is 39.3 Å². The maximum atomic E-state index is 10.9. The number of aliphatic carboxylic acids is 1. The quantitative estimate of drug-likeness (QED) is 0.587. The zero-order chi connectivity index (χ0) is 12.9. The van der Waals surface area contributed by atoms with E-state index >= 15 is 0 Å². The molecule has 0 heterocycles. The highest BCUT2D eigenvalue weighted by atomic mass is 32.1. The Bertz CT molecular complexity index is 291. The highest BCUT2D eigenvalue weighted by molar-refractivity contribution is 7.80. The lowest BCUT2D eigenvalue weighted by molar-refractivity contribution is -0.141. The number of hydrogen-bond acceptors (Lipinski definition) is 4. The topological polar surface area (TPSA) is 86.6 Å². The fourth-order valence-corrected chi connectivity index (χ4v) is 1.42. The Morgan fingerprint density at radius 2 is 1.88 bits per heavy atom. The number of carbonyl (C=O) groups is 2. The summed E-state index contributed by atoms with van der Waals surface area (Å²) in [5, 5.41) is 20.6. The minimum absolute atomic E-state index is 0.0134. The van der Waals surface area contributed by atoms with E-state index in [9.17, 15) is 14.7 Å². The second kappa shape index (κ2) is 6.55. The molecule has 16 heavy (non-hydrogen) atoms. The lowest BCUT2D eigenvalue weighted by Crippen LogP contribution is -2.48. The minimum Gasteiger partial charge on any atom is -0.480 e. The molecule has 0 rings (SSSR count). The van der Waals surface area contributed by atoms with Gasteiger partial charge in [0.05, 0.1) is 11.1 Å². The summed E-state index contributed by atoms with van der Waals surface area (Å²) in [4.78, 5) is 21.9. The number of rotatable bonds is 6. The molecule has 0 aliphatic rings. The molecule has 0 aromatic heterocycles. The molecule has 0 bridgehead atoms. The van der Waals surface area contributed by atoms with Gasteiger partial charge in [-0.15, -0.1) is 0 Å². The van der Waals surface area contributed by atoms with Gasteiger partial charge in [0.25, 0.3) is 0 Å². The Hall–Kier alpha value is -1.01. The van der Waals surface area contributed by atoms with E-state index < -0.39 is 18.1 Å². The summed E-state index contributed by atoms with van der Waals surface area (Å²) in [6, 6.07) is -1.14. The standard InChI is InChI=1S/C10H17NO4S/c1-5(4-6(2)12)9(16)11-8(7(3)13)10(14)15/h5,7-8,13H,4H2,1-3H3,(H,11,16)(H,14,15)/t5?,7-,8+/m1/s1. The van der Waals surface area contributed by atoms with E-state index in [0.29, 0.717) is 0 Å². The van der Waals surface area contributed by atoms with Crippen LogP contribution in [0.3, 0.4) is 0 Å². The predicted molar refractivity (Wildman–Crippen MR) is 63.3 cm³/mol. The highest BCUT2D eigenvalue weighted by Crippen LogP contribution is 2.06. The molecule has 92 valence electrons. The van der Waals surface area contributed by atoms with Crippen molar-refractivity contribution >= 4 is 29.0 Å². The van der Waals surface area contributed by atoms with Crippen molar-refractivity contribution in [2.24, 2.45) is 5.92 Å². The lowest BCUT2D eigenvalue weighted by Gasteiger charge is -2.21. The van der Waals surface area contributed by atoms with Gasteiger partial charge >= 0.3 is 5.97 Å². The summed E-state index contributed by atoms with van der Waals surface area (Å²) in [6.07, 6.45) is -0.794. The van der Waals surface area contributed by atoms with Crippen molar-refractivity contribution in [3.8, 4) is 0 Å². The van der Waals surface area contributed by atoms with E-state index in [1.165, 1.54) is 13.8 Å². The zero-order valence-electron chi connectivity index (χ0n) is 9.56. The van der Waals surface area contributed by atoms with Crippen LogP contribution in [0.1, 0.15) is 27.2 Å². The van der Waals surface area contributed by atoms with E-state index in [1.807, 2.05) is 0 Å². The Morgan fingerprint density at radius 1 is 1.38 bits per heavy atom. The average molecular weight is 247 g/mol. The first-order valence-corrected chi connectivity index (χ1v) is 5.37. The SMILES string of the molecule is CC(=O)CC(C)C(=S)N[C@H](C(=O)O)[C@@H](C)O. The normalized spacial score (nSPS) is 16.0. The van der Waals surface area contributed by atoms with Crippen LogP contribution in [-0.4, -0.2) is 39.1 Å². The highest BCUT2D eigenvalue weighted by Gasteiger charge is 2.25. The van der Waals surface area contributed by atoms with Crippen LogP contribution in [0, 0.1) is 5.92 Å². The second-order valence-corrected chi connectivity index (χ2v) is 4.31. The van der Waals surface area contributed by atoms with Crippen molar-refractivity contribution in [3.63, 3.8) is 0 Å². The molecule has 6 heteroatoms. The summed E-state index contributed by atoms with van der Waals surface area (Å²) >= 11 is 4.97. The van der Waals surface area contributed by atoms with E-state index in [2.05, 4.69) is 5.32 Å². The van der Waals surface area contributed by atoms with Gasteiger partial charge in [0, 0.05) is 12.3 Å². The molecule has 0 saturated heterocycles. The number of ketones is 1. The third-order valence-corrected chi connectivity index (χ3v) is 2.61. The molecule has 5 nitrogen and oxygen atoms in total. The van der Waals surface area contributed by atoms with Gasteiger partial charge < -0.3 is 20.3 Å². The van der Waals surface area contributed by atoms with Gasteiger partial charge in [0.15, 0.2) is 6.04 Å². The fourth-order valence-electron chi connectivity index (χ4n) is 1.21. The summed E-state index contributed by atoms with van der Waals surface area (Å²) in [5.41, 5.74) is 0. The van der Waals surface area contributed by atoms with Gasteiger partial charge in [-0.1, -0.05) is 19.1 Å². The third kappa shape index (κ3) is 5.18. The number of Topliss-reactive ketones (excluding diaryl/α,β-unsaturated/α-hetero) is 1. The molecule has 0 amide bonds. The molecule has 0 spiro atoms. The molecule has 3 N–H and O–H groups in total. The smallest absolute Gasteiger partial charge is 0.328 e. The van der Waals surface area contributed by atoms with Crippen molar-refractivity contribution in [1.82, 2.24) is 5.32 Å². The maximum absolute atomic E-state index is 10.9. The lowest BCUT2D eigenvalue weighted by atomic mass is 10.0. The molecule has 0 saturated carbocycles. The van der Waals surface area contributed by atoms with Crippen LogP contribution in [0.2, 0.25) is 0 Å². The number of aliphatic hydroxyl groups is 1. The van der Waals surface area contributed by atoms with Crippen LogP contribution in [0.5, 0.6) is 0 Å². The number of nitrogens with one attached hydrogen (secondary N) is 1. The molecular weight excluding hydrogens is 230 g/mol. The first-order valence-electron chi connectivity index (χ1n) is 4.96. The van der Waals surface area contributed by atoms with Crippen LogP contribution in [0.4, 0.5) is 0 Å². The van der Waals surface area contributed by atoms with Gasteiger partial charge in [-0.3, -0.25) is 0 Å². The molecule has 0 aromatic rings. The van der Waals surface area contributed by atoms with Crippen molar-refractivity contribution in [2.75, 3.05) is 0 Å². The monoisotopic (exact) mass is 247 g/mol. The molecule has 1 unspecified atom stereocenters. The van der Waals surface area contributed by atoms with E-state index in [4.69, 9.17) is 17.3 Å². The fraction of sp³-hybridized carbons (Fsp3) is 0.700. The second-order valence-electron chi connectivity index (χ2n) is 3.87. The molecule has 0 aromatic carbocycles. The van der Waals surface area contributed by atoms with E-state index in [-0.39, 0.29) is 23.1 Å². The van der Waals surface area contributed by atoms with Crippen LogP contribution in [0.25, 0.3) is 0 Å². The molecule has 0 aliphatic carbocycles. The van der Waals surface area contributed by atoms with Gasteiger partial charge in [0.1, 0.15) is 5.78 Å². The number of aliphatic hydroxyl groups excluding tert-OH is 1. The Balaban J connectivity index is 4.40. The number of thiocarbonyl (C=S) groups is 1. The van der Waals surface area contributed by atoms with Crippen molar-refractivity contribution in [3.05, 3.63) is 0 Å². The van der Waals surface area contributed by atoms with Gasteiger partial charge in [0.2, 0.25) is 0 Å². The summed E-state index contributed by atoms with van der Waals surface area (Å²) < 4.78 is 0. The van der Waals surface area contributed by atoms with Crippen molar-refractivity contribution in [1.29, 1.82) is 0 Å². The molecule has 3 atom stereocenters. The van der Waals surface area contributed by atoms with Crippen LogP contribution in [0.15, 0.2) is 0 Å². The van der Waals surface area contributed by atoms with Crippen molar-refractivity contribution < 1.29 is 19.8 Å². The third-order valence-electron chi connectivity index (χ3n) is 2.09. The number of carboxylic acid groups (broad SMARTS) is 1. The Morgan fingerprint density at radius 3 is 2.19 bits per heavy atom. The summed E-state index contributed by atoms with van der Waals surface area (Å²) in [5.74, 6) is -1.42. The van der Waals surface area contributed by atoms with E-state index in [1.54, 1.807) is 6.92 Å². The molecule has 0 aliphatic heterocycles. The van der Waals surface area contributed by atoms with Crippen LogP contribution >= 0.6 is 12.2 Å². The average Bonchev–Trinajstić information content (AvgIpc) is 2.11. The molecule has 0 radical (unpaired) electrons. The van der Waals surface area contributed by atoms with Gasteiger partial charge in [-0.25, -0.2) is 4.79 Å². The number of carboxylic acids is 1. The number of hydrogen-bond donors (Lipinski definition) is 3.